The molecule has 19 heavy (non-hydrogen) atoms. The van der Waals surface area contributed by atoms with Crippen LogP contribution in [0.2, 0.25) is 0 Å². The van der Waals surface area contributed by atoms with Gasteiger partial charge in [0.25, 0.3) is 5.69 Å². The molecule has 4 heteroatoms. The van der Waals surface area contributed by atoms with E-state index in [4.69, 9.17) is 4.42 Å². The maximum absolute atomic E-state index is 10.9. The molecule has 3 aromatic rings. The quantitative estimate of drug-likeness (QED) is 0.505. The van der Waals surface area contributed by atoms with Crippen molar-refractivity contribution in [1.29, 1.82) is 0 Å². The van der Waals surface area contributed by atoms with Crippen molar-refractivity contribution in [3.8, 4) is 11.1 Å². The average Bonchev–Trinajstić information content (AvgIpc) is 2.84. The summed E-state index contributed by atoms with van der Waals surface area (Å²) in [5.74, 6) is 0. The molecule has 0 saturated carbocycles. The largest absolute Gasteiger partial charge is 0.463 e. The highest BCUT2D eigenvalue weighted by Crippen LogP contribution is 2.34. The predicted octanol–water partition coefficient (Wildman–Crippen LogP) is 4.32. The number of benzene rings is 2. The number of nitro benzene ring substituents is 1. The summed E-state index contributed by atoms with van der Waals surface area (Å²) < 4.78 is 5.55. The van der Waals surface area contributed by atoms with Crippen LogP contribution in [0, 0.1) is 17.0 Å². The van der Waals surface area contributed by atoms with Crippen LogP contribution in [0.4, 0.5) is 5.69 Å². The van der Waals surface area contributed by atoms with Crippen LogP contribution in [0.5, 0.6) is 0 Å². The third-order valence-electron chi connectivity index (χ3n) is 3.14. The van der Waals surface area contributed by atoms with Crippen molar-refractivity contribution < 1.29 is 9.34 Å². The van der Waals surface area contributed by atoms with Gasteiger partial charge in [-0.1, -0.05) is 30.3 Å². The Morgan fingerprint density at radius 1 is 1.16 bits per heavy atom. The van der Waals surface area contributed by atoms with Crippen LogP contribution in [0.25, 0.3) is 22.1 Å². The lowest BCUT2D eigenvalue weighted by Gasteiger charge is -1.99. The maximum atomic E-state index is 10.9. The summed E-state index contributed by atoms with van der Waals surface area (Å²) in [7, 11) is 0. The molecule has 0 spiro atoms. The Morgan fingerprint density at radius 3 is 2.58 bits per heavy atom. The number of fused-ring (bicyclic) bond motifs is 1. The minimum absolute atomic E-state index is 0.0866. The molecule has 1 heterocycles. The van der Waals surface area contributed by atoms with E-state index in [1.54, 1.807) is 12.3 Å². The molecule has 4 nitrogen and oxygen atoms in total. The van der Waals surface area contributed by atoms with Gasteiger partial charge in [-0.2, -0.15) is 0 Å². The van der Waals surface area contributed by atoms with Crippen LogP contribution in [-0.4, -0.2) is 4.92 Å². The summed E-state index contributed by atoms with van der Waals surface area (Å²) in [5, 5.41) is 11.7. The number of nitrogens with zero attached hydrogens (tertiary/aromatic N) is 1. The third-order valence-corrected chi connectivity index (χ3v) is 3.14. The summed E-state index contributed by atoms with van der Waals surface area (Å²) in [6, 6.07) is 12.8. The SMILES string of the molecule is Cc1cc([N+](=O)[O-])cc2c(-c3ccccc3)coc12. The molecule has 0 aliphatic rings. The molecule has 2 aromatic carbocycles. The Labute approximate surface area is 109 Å². The molecule has 0 bridgehead atoms. The highest BCUT2D eigenvalue weighted by atomic mass is 16.6. The fraction of sp³-hybridized carbons (Fsp3) is 0.0667. The van der Waals surface area contributed by atoms with Crippen molar-refractivity contribution in [1.82, 2.24) is 0 Å². The normalized spacial score (nSPS) is 10.8. The number of hydrogen-bond acceptors (Lipinski definition) is 3. The molecule has 0 aliphatic carbocycles. The Hall–Kier alpha value is -2.62. The third kappa shape index (κ3) is 1.87. The van der Waals surface area contributed by atoms with Gasteiger partial charge in [-0.25, -0.2) is 0 Å². The zero-order valence-electron chi connectivity index (χ0n) is 10.3. The molecular weight excluding hydrogens is 242 g/mol. The van der Waals surface area contributed by atoms with Crippen LogP contribution in [0.15, 0.2) is 53.1 Å². The first-order valence-electron chi connectivity index (χ1n) is 5.88. The van der Waals surface area contributed by atoms with Gasteiger partial charge in [-0.15, -0.1) is 0 Å². The topological polar surface area (TPSA) is 56.3 Å². The van der Waals surface area contributed by atoms with E-state index in [1.807, 2.05) is 37.3 Å². The second kappa shape index (κ2) is 4.24. The van der Waals surface area contributed by atoms with E-state index in [9.17, 15) is 10.1 Å². The van der Waals surface area contributed by atoms with E-state index in [1.165, 1.54) is 6.07 Å². The average molecular weight is 253 g/mol. The van der Waals surface area contributed by atoms with Crippen LogP contribution >= 0.6 is 0 Å². The lowest BCUT2D eigenvalue weighted by atomic mass is 10.0. The lowest BCUT2D eigenvalue weighted by Crippen LogP contribution is -1.89. The number of hydrogen-bond donors (Lipinski definition) is 0. The molecule has 0 N–H and O–H groups in total. The zero-order chi connectivity index (χ0) is 13.4. The van der Waals surface area contributed by atoms with Gasteiger partial charge in [0.05, 0.1) is 11.2 Å². The number of non-ortho nitro benzene ring substituents is 1. The number of aryl methyl sites for hydroxylation is 1. The summed E-state index contributed by atoms with van der Waals surface area (Å²) in [6.45, 7) is 1.81. The van der Waals surface area contributed by atoms with Crippen molar-refractivity contribution in [3.05, 3.63) is 64.4 Å². The molecule has 0 amide bonds. The zero-order valence-corrected chi connectivity index (χ0v) is 10.3. The standard InChI is InChI=1S/C15H11NO3/c1-10-7-12(16(17)18)8-13-14(9-19-15(10)13)11-5-3-2-4-6-11/h2-9H,1H3. The second-order valence-corrected chi connectivity index (χ2v) is 4.41. The molecule has 0 aliphatic heterocycles. The van der Waals surface area contributed by atoms with Crippen LogP contribution in [0.1, 0.15) is 5.56 Å². The van der Waals surface area contributed by atoms with E-state index < -0.39 is 0 Å². The minimum Gasteiger partial charge on any atom is -0.463 e. The van der Waals surface area contributed by atoms with Gasteiger partial charge >= 0.3 is 0 Å². The molecule has 0 saturated heterocycles. The first-order valence-corrected chi connectivity index (χ1v) is 5.88. The van der Waals surface area contributed by atoms with E-state index in [0.717, 1.165) is 22.1 Å². The summed E-state index contributed by atoms with van der Waals surface area (Å²) in [5.41, 5.74) is 3.42. The molecule has 1 aromatic heterocycles. The van der Waals surface area contributed by atoms with Crippen LogP contribution in [0.3, 0.4) is 0 Å². The lowest BCUT2D eigenvalue weighted by molar-refractivity contribution is -0.384. The van der Waals surface area contributed by atoms with Crippen LogP contribution in [-0.2, 0) is 0 Å². The van der Waals surface area contributed by atoms with Gasteiger partial charge in [0, 0.05) is 23.1 Å². The van der Waals surface area contributed by atoms with E-state index in [2.05, 4.69) is 0 Å². The molecule has 0 atom stereocenters. The van der Waals surface area contributed by atoms with E-state index in [0.29, 0.717) is 5.58 Å². The maximum Gasteiger partial charge on any atom is 0.270 e. The second-order valence-electron chi connectivity index (χ2n) is 4.41. The van der Waals surface area contributed by atoms with Crippen molar-refractivity contribution in [2.24, 2.45) is 0 Å². The molecule has 94 valence electrons. The molecule has 3 rings (SSSR count). The molecule has 0 fully saturated rings. The highest BCUT2D eigenvalue weighted by Gasteiger charge is 2.15. The van der Waals surface area contributed by atoms with Gasteiger partial charge in [-0.05, 0) is 18.1 Å². The Balaban J connectivity index is 2.30. The van der Waals surface area contributed by atoms with E-state index in [-0.39, 0.29) is 10.6 Å². The number of nitro groups is 1. The van der Waals surface area contributed by atoms with Crippen molar-refractivity contribution >= 4 is 16.7 Å². The van der Waals surface area contributed by atoms with Gasteiger partial charge in [0.2, 0.25) is 0 Å². The first kappa shape index (κ1) is 11.5. The molecular formula is C15H11NO3. The summed E-state index contributed by atoms with van der Waals surface area (Å²) >= 11 is 0. The van der Waals surface area contributed by atoms with Gasteiger partial charge in [0.1, 0.15) is 5.58 Å². The number of rotatable bonds is 2. The Kier molecular flexibility index (Phi) is 2.56. The van der Waals surface area contributed by atoms with Crippen molar-refractivity contribution in [2.45, 2.75) is 6.92 Å². The summed E-state index contributed by atoms with van der Waals surface area (Å²) in [6.07, 6.45) is 1.65. The minimum atomic E-state index is -0.381. The Morgan fingerprint density at radius 2 is 1.89 bits per heavy atom. The molecule has 0 radical (unpaired) electrons. The highest BCUT2D eigenvalue weighted by molar-refractivity contribution is 5.96. The fourth-order valence-corrected chi connectivity index (χ4v) is 2.24. The fourth-order valence-electron chi connectivity index (χ4n) is 2.24. The number of furan rings is 1. The predicted molar refractivity (Wildman–Crippen MR) is 73.0 cm³/mol. The van der Waals surface area contributed by atoms with Crippen molar-refractivity contribution in [3.63, 3.8) is 0 Å². The summed E-state index contributed by atoms with van der Waals surface area (Å²) in [4.78, 5) is 10.6. The monoisotopic (exact) mass is 253 g/mol. The first-order chi connectivity index (χ1) is 9.16. The van der Waals surface area contributed by atoms with Crippen molar-refractivity contribution in [2.75, 3.05) is 0 Å². The Bertz CT molecular complexity index is 760. The molecule has 0 unspecified atom stereocenters. The van der Waals surface area contributed by atoms with E-state index >= 15 is 0 Å². The van der Waals surface area contributed by atoms with Gasteiger partial charge in [-0.3, -0.25) is 10.1 Å². The van der Waals surface area contributed by atoms with Gasteiger partial charge < -0.3 is 4.42 Å². The smallest absolute Gasteiger partial charge is 0.270 e. The van der Waals surface area contributed by atoms with Gasteiger partial charge in [0.15, 0.2) is 0 Å². The van der Waals surface area contributed by atoms with Crippen LogP contribution < -0.4 is 0 Å².